The van der Waals surface area contributed by atoms with Gasteiger partial charge < -0.3 is 4.90 Å². The third-order valence-electron chi connectivity index (χ3n) is 4.52. The number of halogens is 1. The number of hydrogen-bond acceptors (Lipinski definition) is 1. The third-order valence-corrected chi connectivity index (χ3v) is 4.52. The highest BCUT2D eigenvalue weighted by Crippen LogP contribution is 2.29. The molecule has 3 heteroatoms. The SMILES string of the molecule is CC(C)(C(=O)N1CCc2ccccc2C1)c1ccc(F)cc1. The van der Waals surface area contributed by atoms with Crippen LogP contribution >= 0.6 is 0 Å². The van der Waals surface area contributed by atoms with Gasteiger partial charge in [0.25, 0.3) is 0 Å². The van der Waals surface area contributed by atoms with Crippen molar-refractivity contribution in [2.24, 2.45) is 0 Å². The van der Waals surface area contributed by atoms with Gasteiger partial charge in [-0.15, -0.1) is 0 Å². The average Bonchev–Trinajstić information content (AvgIpc) is 2.54. The molecule has 0 saturated carbocycles. The first-order valence-electron chi connectivity index (χ1n) is 7.60. The smallest absolute Gasteiger partial charge is 0.232 e. The Morgan fingerprint density at radius 2 is 1.68 bits per heavy atom. The molecule has 0 aliphatic carbocycles. The lowest BCUT2D eigenvalue weighted by Crippen LogP contribution is -2.45. The van der Waals surface area contributed by atoms with Gasteiger partial charge in [0.05, 0.1) is 5.41 Å². The Kier molecular flexibility index (Phi) is 3.73. The molecule has 0 N–H and O–H groups in total. The summed E-state index contributed by atoms with van der Waals surface area (Å²) in [7, 11) is 0. The fraction of sp³-hybridized carbons (Fsp3) is 0.316. The van der Waals surface area contributed by atoms with Crippen LogP contribution in [-0.4, -0.2) is 17.4 Å². The molecule has 0 spiro atoms. The normalized spacial score (nSPS) is 14.6. The van der Waals surface area contributed by atoms with Gasteiger partial charge in [-0.3, -0.25) is 4.79 Å². The zero-order valence-electron chi connectivity index (χ0n) is 13.0. The first kappa shape index (κ1) is 14.8. The molecule has 1 amide bonds. The molecule has 3 rings (SSSR count). The first-order valence-corrected chi connectivity index (χ1v) is 7.60. The molecule has 0 radical (unpaired) electrons. The Morgan fingerprint density at radius 3 is 2.36 bits per heavy atom. The van der Waals surface area contributed by atoms with Crippen LogP contribution in [0.2, 0.25) is 0 Å². The maximum Gasteiger partial charge on any atom is 0.232 e. The topological polar surface area (TPSA) is 20.3 Å². The van der Waals surface area contributed by atoms with Gasteiger partial charge in [-0.25, -0.2) is 4.39 Å². The molecule has 1 aliphatic heterocycles. The van der Waals surface area contributed by atoms with E-state index in [-0.39, 0.29) is 11.7 Å². The molecule has 114 valence electrons. The van der Waals surface area contributed by atoms with Crippen molar-refractivity contribution in [2.45, 2.75) is 32.2 Å². The Morgan fingerprint density at radius 1 is 1.05 bits per heavy atom. The molecule has 0 fully saturated rings. The van der Waals surface area contributed by atoms with Crippen LogP contribution in [-0.2, 0) is 23.2 Å². The average molecular weight is 297 g/mol. The summed E-state index contributed by atoms with van der Waals surface area (Å²) in [6.45, 7) is 5.20. The van der Waals surface area contributed by atoms with E-state index in [1.54, 1.807) is 12.1 Å². The molecule has 0 aromatic heterocycles. The van der Waals surface area contributed by atoms with Crippen molar-refractivity contribution in [1.82, 2.24) is 4.90 Å². The van der Waals surface area contributed by atoms with Crippen LogP contribution in [0.15, 0.2) is 48.5 Å². The van der Waals surface area contributed by atoms with Gasteiger partial charge >= 0.3 is 0 Å². The monoisotopic (exact) mass is 297 g/mol. The fourth-order valence-corrected chi connectivity index (χ4v) is 3.05. The highest BCUT2D eigenvalue weighted by Gasteiger charge is 2.35. The number of fused-ring (bicyclic) bond motifs is 1. The van der Waals surface area contributed by atoms with Gasteiger partial charge in [-0.05, 0) is 49.1 Å². The molecule has 1 aliphatic rings. The maximum absolute atomic E-state index is 13.1. The van der Waals surface area contributed by atoms with E-state index in [2.05, 4.69) is 12.1 Å². The molecular weight excluding hydrogens is 277 g/mol. The fourth-order valence-electron chi connectivity index (χ4n) is 3.05. The van der Waals surface area contributed by atoms with Crippen LogP contribution in [0.1, 0.15) is 30.5 Å². The van der Waals surface area contributed by atoms with Crippen molar-refractivity contribution < 1.29 is 9.18 Å². The second-order valence-corrected chi connectivity index (χ2v) is 6.38. The minimum Gasteiger partial charge on any atom is -0.337 e. The molecule has 1 heterocycles. The van der Waals surface area contributed by atoms with Crippen LogP contribution in [0.25, 0.3) is 0 Å². The van der Waals surface area contributed by atoms with Gasteiger partial charge in [-0.1, -0.05) is 36.4 Å². The predicted molar refractivity (Wildman–Crippen MR) is 85.0 cm³/mol. The van der Waals surface area contributed by atoms with Crippen LogP contribution in [0.5, 0.6) is 0 Å². The van der Waals surface area contributed by atoms with Gasteiger partial charge in [0.2, 0.25) is 5.91 Å². The highest BCUT2D eigenvalue weighted by atomic mass is 19.1. The molecule has 0 saturated heterocycles. The number of amides is 1. The highest BCUT2D eigenvalue weighted by molar-refractivity contribution is 5.87. The van der Waals surface area contributed by atoms with E-state index < -0.39 is 5.41 Å². The van der Waals surface area contributed by atoms with Crippen molar-refractivity contribution in [3.8, 4) is 0 Å². The summed E-state index contributed by atoms with van der Waals surface area (Å²) in [5.74, 6) is -0.187. The third kappa shape index (κ3) is 2.63. The molecule has 0 atom stereocenters. The number of carbonyl (C=O) groups excluding carboxylic acids is 1. The summed E-state index contributed by atoms with van der Waals surface area (Å²) in [4.78, 5) is 14.9. The molecule has 0 bridgehead atoms. The summed E-state index contributed by atoms with van der Waals surface area (Å²) < 4.78 is 13.1. The summed E-state index contributed by atoms with van der Waals surface area (Å²) in [6.07, 6.45) is 0.890. The van der Waals surface area contributed by atoms with Crippen molar-refractivity contribution in [2.75, 3.05) is 6.54 Å². The van der Waals surface area contributed by atoms with Crippen LogP contribution in [0.4, 0.5) is 4.39 Å². The lowest BCUT2D eigenvalue weighted by atomic mass is 9.82. The second kappa shape index (κ2) is 5.56. The Bertz CT molecular complexity index is 691. The lowest BCUT2D eigenvalue weighted by molar-refractivity contribution is -0.137. The van der Waals surface area contributed by atoms with Crippen molar-refractivity contribution in [3.63, 3.8) is 0 Å². The maximum atomic E-state index is 13.1. The molecule has 2 aromatic rings. The summed E-state index contributed by atoms with van der Waals surface area (Å²) in [6, 6.07) is 14.5. The predicted octanol–water partition coefficient (Wildman–Crippen LogP) is 3.69. The zero-order chi connectivity index (χ0) is 15.7. The first-order chi connectivity index (χ1) is 10.5. The van der Waals surface area contributed by atoms with Crippen molar-refractivity contribution in [1.29, 1.82) is 0 Å². The molecular formula is C19H20FNO. The largest absolute Gasteiger partial charge is 0.337 e. The standard InChI is InChI=1S/C19H20FNO/c1-19(2,16-7-9-17(20)10-8-16)18(22)21-12-11-14-5-3-4-6-15(14)13-21/h3-10H,11-13H2,1-2H3. The van der Waals surface area contributed by atoms with E-state index in [1.165, 1.54) is 23.3 Å². The number of benzene rings is 2. The number of carbonyl (C=O) groups is 1. The summed E-state index contributed by atoms with van der Waals surface area (Å²) in [5.41, 5.74) is 2.74. The number of rotatable bonds is 2. The number of nitrogens with zero attached hydrogens (tertiary/aromatic N) is 1. The zero-order valence-corrected chi connectivity index (χ0v) is 13.0. The Balaban J connectivity index is 1.83. The Hall–Kier alpha value is -2.16. The van der Waals surface area contributed by atoms with E-state index in [1.807, 2.05) is 30.9 Å². The molecule has 0 unspecified atom stereocenters. The molecule has 2 nitrogen and oxygen atoms in total. The van der Waals surface area contributed by atoms with E-state index in [4.69, 9.17) is 0 Å². The molecule has 22 heavy (non-hydrogen) atoms. The van der Waals surface area contributed by atoms with Gasteiger partial charge in [0, 0.05) is 13.1 Å². The summed E-state index contributed by atoms with van der Waals surface area (Å²) >= 11 is 0. The van der Waals surface area contributed by atoms with Gasteiger partial charge in [0.15, 0.2) is 0 Å². The Labute approximate surface area is 130 Å². The van der Waals surface area contributed by atoms with Crippen LogP contribution in [0, 0.1) is 5.82 Å². The van der Waals surface area contributed by atoms with E-state index in [9.17, 15) is 9.18 Å². The molecule has 2 aromatic carbocycles. The number of hydrogen-bond donors (Lipinski definition) is 0. The van der Waals surface area contributed by atoms with Crippen molar-refractivity contribution >= 4 is 5.91 Å². The second-order valence-electron chi connectivity index (χ2n) is 6.38. The van der Waals surface area contributed by atoms with Gasteiger partial charge in [0.1, 0.15) is 5.82 Å². The van der Waals surface area contributed by atoms with E-state index >= 15 is 0 Å². The quantitative estimate of drug-likeness (QED) is 0.828. The van der Waals surface area contributed by atoms with Gasteiger partial charge in [-0.2, -0.15) is 0 Å². The van der Waals surface area contributed by atoms with Crippen molar-refractivity contribution in [3.05, 3.63) is 71.0 Å². The summed E-state index contributed by atoms with van der Waals surface area (Å²) in [5, 5.41) is 0. The minimum absolute atomic E-state index is 0.0913. The van der Waals surface area contributed by atoms with E-state index in [0.29, 0.717) is 6.54 Å². The van der Waals surface area contributed by atoms with E-state index in [0.717, 1.165) is 18.5 Å². The lowest BCUT2D eigenvalue weighted by Gasteiger charge is -2.35. The minimum atomic E-state index is -0.653. The van der Waals surface area contributed by atoms with Crippen LogP contribution in [0.3, 0.4) is 0 Å². The van der Waals surface area contributed by atoms with Crippen LogP contribution < -0.4 is 0 Å².